The molecule has 1 aliphatic heterocycles. The lowest BCUT2D eigenvalue weighted by Crippen LogP contribution is -2.32. The molecule has 1 fully saturated rings. The van der Waals surface area contributed by atoms with Crippen molar-refractivity contribution in [2.45, 2.75) is 18.9 Å². The molecule has 3 rings (SSSR count). The first kappa shape index (κ1) is 19.4. The van der Waals surface area contributed by atoms with E-state index >= 15 is 0 Å². The van der Waals surface area contributed by atoms with Gasteiger partial charge in [0.15, 0.2) is 6.61 Å². The van der Waals surface area contributed by atoms with Crippen molar-refractivity contribution in [1.29, 1.82) is 0 Å². The summed E-state index contributed by atoms with van der Waals surface area (Å²) in [7, 11) is 0. The standard InChI is InChI=1S/C20H21BrN2O4/c21-16-8-2-4-10-18(16)27-13-19(24)23-17-9-3-1-7-15(17)20(25)22-12-14-6-5-11-26-14/h1-4,7-10,14H,5-6,11-13H2,(H,22,25)(H,23,24). The number of ether oxygens (including phenoxy) is 2. The molecule has 2 N–H and O–H groups in total. The minimum atomic E-state index is -0.342. The van der Waals surface area contributed by atoms with Crippen LogP contribution in [0.3, 0.4) is 0 Å². The highest BCUT2D eigenvalue weighted by atomic mass is 79.9. The predicted molar refractivity (Wildman–Crippen MR) is 106 cm³/mol. The van der Waals surface area contributed by atoms with Crippen LogP contribution < -0.4 is 15.4 Å². The lowest BCUT2D eigenvalue weighted by molar-refractivity contribution is -0.118. The largest absolute Gasteiger partial charge is 0.483 e. The highest BCUT2D eigenvalue weighted by Crippen LogP contribution is 2.23. The first-order chi connectivity index (χ1) is 13.1. The fourth-order valence-corrected chi connectivity index (χ4v) is 3.19. The van der Waals surface area contributed by atoms with Crippen molar-refractivity contribution in [2.24, 2.45) is 0 Å². The fourth-order valence-electron chi connectivity index (χ4n) is 2.79. The SMILES string of the molecule is O=C(COc1ccccc1Br)Nc1ccccc1C(=O)NCC1CCCO1. The van der Waals surface area contributed by atoms with E-state index in [4.69, 9.17) is 9.47 Å². The van der Waals surface area contributed by atoms with Gasteiger partial charge < -0.3 is 20.1 Å². The van der Waals surface area contributed by atoms with Gasteiger partial charge in [-0.15, -0.1) is 0 Å². The third-order valence-electron chi connectivity index (χ3n) is 4.16. The van der Waals surface area contributed by atoms with E-state index in [1.54, 1.807) is 30.3 Å². The van der Waals surface area contributed by atoms with Crippen LogP contribution in [-0.2, 0) is 9.53 Å². The quantitative estimate of drug-likeness (QED) is 0.702. The minimum Gasteiger partial charge on any atom is -0.483 e. The highest BCUT2D eigenvalue weighted by Gasteiger charge is 2.18. The maximum atomic E-state index is 12.5. The van der Waals surface area contributed by atoms with Gasteiger partial charge in [0.2, 0.25) is 0 Å². The zero-order valence-corrected chi connectivity index (χ0v) is 16.3. The lowest BCUT2D eigenvalue weighted by atomic mass is 10.1. The topological polar surface area (TPSA) is 76.7 Å². The zero-order valence-electron chi connectivity index (χ0n) is 14.7. The van der Waals surface area contributed by atoms with Gasteiger partial charge in [0.05, 0.1) is 21.8 Å². The summed E-state index contributed by atoms with van der Waals surface area (Å²) in [6.45, 7) is 1.05. The molecular formula is C20H21BrN2O4. The molecule has 0 aromatic heterocycles. The molecular weight excluding hydrogens is 412 g/mol. The van der Waals surface area contributed by atoms with Gasteiger partial charge in [-0.1, -0.05) is 24.3 Å². The zero-order chi connectivity index (χ0) is 19.1. The van der Waals surface area contributed by atoms with Gasteiger partial charge in [-0.2, -0.15) is 0 Å². The second-order valence-corrected chi connectivity index (χ2v) is 7.01. The van der Waals surface area contributed by atoms with E-state index in [0.717, 1.165) is 23.9 Å². The van der Waals surface area contributed by atoms with Crippen LogP contribution >= 0.6 is 15.9 Å². The summed E-state index contributed by atoms with van der Waals surface area (Å²) in [4.78, 5) is 24.7. The van der Waals surface area contributed by atoms with Gasteiger partial charge in [0.25, 0.3) is 11.8 Å². The number of halogens is 1. The number of para-hydroxylation sites is 2. The molecule has 0 aliphatic carbocycles. The molecule has 1 aliphatic rings. The number of hydrogen-bond acceptors (Lipinski definition) is 4. The van der Waals surface area contributed by atoms with Crippen molar-refractivity contribution in [2.75, 3.05) is 25.1 Å². The van der Waals surface area contributed by atoms with Gasteiger partial charge in [-0.25, -0.2) is 0 Å². The maximum absolute atomic E-state index is 12.5. The number of anilines is 1. The van der Waals surface area contributed by atoms with E-state index in [9.17, 15) is 9.59 Å². The van der Waals surface area contributed by atoms with Crippen LogP contribution in [0.5, 0.6) is 5.75 Å². The van der Waals surface area contributed by atoms with Crippen LogP contribution in [-0.4, -0.2) is 37.7 Å². The molecule has 2 aromatic carbocycles. The van der Waals surface area contributed by atoms with E-state index < -0.39 is 0 Å². The Kier molecular flexibility index (Phi) is 6.84. The normalized spacial score (nSPS) is 16.0. The van der Waals surface area contributed by atoms with Crippen LogP contribution in [0.2, 0.25) is 0 Å². The fraction of sp³-hybridized carbons (Fsp3) is 0.300. The Morgan fingerprint density at radius 1 is 1.15 bits per heavy atom. The molecule has 0 saturated carbocycles. The molecule has 142 valence electrons. The molecule has 2 aromatic rings. The highest BCUT2D eigenvalue weighted by molar-refractivity contribution is 9.10. The van der Waals surface area contributed by atoms with Gasteiger partial charge in [-0.3, -0.25) is 9.59 Å². The van der Waals surface area contributed by atoms with Crippen LogP contribution in [0.15, 0.2) is 53.0 Å². The number of carbonyl (C=O) groups excluding carboxylic acids is 2. The molecule has 0 radical (unpaired) electrons. The molecule has 1 heterocycles. The van der Waals surface area contributed by atoms with Crippen molar-refractivity contribution < 1.29 is 19.1 Å². The molecule has 0 spiro atoms. The average molecular weight is 433 g/mol. The third kappa shape index (κ3) is 5.55. The summed E-state index contributed by atoms with van der Waals surface area (Å²) in [6, 6.07) is 14.2. The first-order valence-corrected chi connectivity index (χ1v) is 9.59. The van der Waals surface area contributed by atoms with Crippen LogP contribution in [0.4, 0.5) is 5.69 Å². The predicted octanol–water partition coefficient (Wildman–Crippen LogP) is 3.38. The van der Waals surface area contributed by atoms with Crippen molar-refractivity contribution in [3.05, 3.63) is 58.6 Å². The number of hydrogen-bond donors (Lipinski definition) is 2. The molecule has 6 nitrogen and oxygen atoms in total. The number of carbonyl (C=O) groups is 2. The number of rotatable bonds is 7. The van der Waals surface area contributed by atoms with E-state index in [1.165, 1.54) is 0 Å². The maximum Gasteiger partial charge on any atom is 0.262 e. The first-order valence-electron chi connectivity index (χ1n) is 8.79. The average Bonchev–Trinajstić information content (AvgIpc) is 3.19. The molecule has 2 amide bonds. The number of benzene rings is 2. The summed E-state index contributed by atoms with van der Waals surface area (Å²) >= 11 is 3.37. The Balaban J connectivity index is 1.57. The number of nitrogens with one attached hydrogen (secondary N) is 2. The van der Waals surface area contributed by atoms with Crippen LogP contribution in [0.25, 0.3) is 0 Å². The Morgan fingerprint density at radius 3 is 2.70 bits per heavy atom. The van der Waals surface area contributed by atoms with E-state index in [-0.39, 0.29) is 24.5 Å². The lowest BCUT2D eigenvalue weighted by Gasteiger charge is -2.14. The Morgan fingerprint density at radius 2 is 1.93 bits per heavy atom. The van der Waals surface area contributed by atoms with Crippen molar-refractivity contribution in [3.8, 4) is 5.75 Å². The van der Waals surface area contributed by atoms with Crippen LogP contribution in [0.1, 0.15) is 23.2 Å². The monoisotopic (exact) mass is 432 g/mol. The van der Waals surface area contributed by atoms with Gasteiger partial charge in [-0.05, 0) is 53.0 Å². The molecule has 1 unspecified atom stereocenters. The molecule has 27 heavy (non-hydrogen) atoms. The molecule has 1 saturated heterocycles. The Hall–Kier alpha value is -2.38. The summed E-state index contributed by atoms with van der Waals surface area (Å²) in [6.07, 6.45) is 2.03. The summed E-state index contributed by atoms with van der Waals surface area (Å²) in [5.74, 6) is -0.00602. The third-order valence-corrected chi connectivity index (χ3v) is 4.81. The number of amides is 2. The van der Waals surface area contributed by atoms with Gasteiger partial charge >= 0.3 is 0 Å². The van der Waals surface area contributed by atoms with Crippen molar-refractivity contribution in [1.82, 2.24) is 5.32 Å². The minimum absolute atomic E-state index is 0.0634. The summed E-state index contributed by atoms with van der Waals surface area (Å²) < 4.78 is 11.8. The van der Waals surface area contributed by atoms with E-state index in [1.807, 2.05) is 18.2 Å². The second-order valence-electron chi connectivity index (χ2n) is 6.16. The van der Waals surface area contributed by atoms with Gasteiger partial charge in [0, 0.05) is 13.2 Å². The van der Waals surface area contributed by atoms with Crippen LogP contribution in [0, 0.1) is 0 Å². The molecule has 7 heteroatoms. The molecule has 0 bridgehead atoms. The van der Waals surface area contributed by atoms with Gasteiger partial charge in [0.1, 0.15) is 5.75 Å². The summed E-state index contributed by atoms with van der Waals surface area (Å²) in [5.41, 5.74) is 0.854. The van der Waals surface area contributed by atoms with Crippen molar-refractivity contribution >= 4 is 33.4 Å². The van der Waals surface area contributed by atoms with E-state index in [0.29, 0.717) is 23.5 Å². The van der Waals surface area contributed by atoms with E-state index in [2.05, 4.69) is 26.6 Å². The van der Waals surface area contributed by atoms with Crippen molar-refractivity contribution in [3.63, 3.8) is 0 Å². The molecule has 1 atom stereocenters. The summed E-state index contributed by atoms with van der Waals surface area (Å²) in [5, 5.41) is 5.60. The second kappa shape index (κ2) is 9.53. The Labute approximate surface area is 166 Å². The Bertz CT molecular complexity index is 806. The smallest absolute Gasteiger partial charge is 0.262 e.